The van der Waals surface area contributed by atoms with Gasteiger partial charge in [-0.1, -0.05) is 31.2 Å². The summed E-state index contributed by atoms with van der Waals surface area (Å²) in [6.45, 7) is 6.97. The van der Waals surface area contributed by atoms with Crippen molar-refractivity contribution in [3.05, 3.63) is 66.0 Å². The highest BCUT2D eigenvalue weighted by molar-refractivity contribution is 7.89. The summed E-state index contributed by atoms with van der Waals surface area (Å²) in [5.74, 6) is -1.11. The molecular formula is C28H37N5O7S. The molecule has 3 rings (SSSR count). The maximum atomic E-state index is 12.7. The summed E-state index contributed by atoms with van der Waals surface area (Å²) >= 11 is 0. The molecule has 1 unspecified atom stereocenters. The van der Waals surface area contributed by atoms with Gasteiger partial charge in [0.25, 0.3) is 0 Å². The molecule has 1 amide bonds. The fourth-order valence-corrected chi connectivity index (χ4v) is 4.84. The van der Waals surface area contributed by atoms with Crippen LogP contribution in [-0.2, 0) is 42.2 Å². The minimum absolute atomic E-state index is 0.0304. The summed E-state index contributed by atoms with van der Waals surface area (Å²) in [5, 5.41) is 10.9. The molecular weight excluding hydrogens is 550 g/mol. The van der Waals surface area contributed by atoms with E-state index in [4.69, 9.17) is 14.2 Å². The number of amides is 1. The number of esters is 1. The predicted molar refractivity (Wildman–Crippen MR) is 152 cm³/mol. The lowest BCUT2D eigenvalue weighted by atomic mass is 9.96. The van der Waals surface area contributed by atoms with Crippen molar-refractivity contribution in [3.63, 3.8) is 0 Å². The number of methoxy groups -OCH3 is 1. The molecule has 13 heteroatoms. The minimum atomic E-state index is -3.76. The number of nitrogens with zero attached hydrogens (tertiary/aromatic N) is 3. The molecule has 0 aliphatic rings. The van der Waals surface area contributed by atoms with Crippen LogP contribution < -0.4 is 14.8 Å². The largest absolute Gasteiger partial charge is 0.491 e. The maximum Gasteiger partial charge on any atom is 0.318 e. The molecule has 12 nitrogen and oxygen atoms in total. The van der Waals surface area contributed by atoms with E-state index in [2.05, 4.69) is 20.4 Å². The SMILES string of the molecule is CCOC(=O)C(CC(C)C)C(=O)Nc1ccc(Cn2cc(CNS(=O)(=O)c3ccc(OCCOC)cc3)nn2)cc1. The van der Waals surface area contributed by atoms with Gasteiger partial charge in [0, 0.05) is 12.8 Å². The summed E-state index contributed by atoms with van der Waals surface area (Å²) in [7, 11) is -2.18. The first kappa shape index (κ1) is 31.7. The highest BCUT2D eigenvalue weighted by Crippen LogP contribution is 2.19. The van der Waals surface area contributed by atoms with Gasteiger partial charge in [0.2, 0.25) is 15.9 Å². The van der Waals surface area contributed by atoms with Crippen molar-refractivity contribution in [1.29, 1.82) is 0 Å². The normalized spacial score (nSPS) is 12.2. The van der Waals surface area contributed by atoms with Crippen LogP contribution in [-0.4, -0.2) is 62.2 Å². The van der Waals surface area contributed by atoms with E-state index in [1.54, 1.807) is 49.2 Å². The number of ether oxygens (including phenoxy) is 3. The van der Waals surface area contributed by atoms with Crippen molar-refractivity contribution in [2.45, 2.75) is 45.2 Å². The van der Waals surface area contributed by atoms with Gasteiger partial charge in [-0.25, -0.2) is 17.8 Å². The minimum Gasteiger partial charge on any atom is -0.491 e. The van der Waals surface area contributed by atoms with Gasteiger partial charge in [-0.05, 0) is 61.2 Å². The third-order valence-electron chi connectivity index (χ3n) is 5.88. The van der Waals surface area contributed by atoms with Crippen molar-refractivity contribution < 1.29 is 32.2 Å². The molecule has 1 aromatic heterocycles. The Balaban J connectivity index is 1.53. The Bertz CT molecular complexity index is 1370. The average molecular weight is 588 g/mol. The molecule has 0 saturated carbocycles. The summed E-state index contributed by atoms with van der Waals surface area (Å²) in [4.78, 5) is 25.1. The number of hydrogen-bond acceptors (Lipinski definition) is 9. The van der Waals surface area contributed by atoms with Crippen molar-refractivity contribution >= 4 is 27.6 Å². The molecule has 3 aromatic rings. The number of sulfonamides is 1. The van der Waals surface area contributed by atoms with Crippen LogP contribution in [0.5, 0.6) is 5.75 Å². The second-order valence-corrected chi connectivity index (χ2v) is 11.4. The summed E-state index contributed by atoms with van der Waals surface area (Å²) in [6, 6.07) is 13.2. The molecule has 2 aromatic carbocycles. The van der Waals surface area contributed by atoms with Gasteiger partial charge in [0.05, 0.1) is 43.1 Å². The van der Waals surface area contributed by atoms with Crippen molar-refractivity contribution in [2.75, 3.05) is 32.2 Å². The number of anilines is 1. The summed E-state index contributed by atoms with van der Waals surface area (Å²) in [5.41, 5.74) is 1.89. The number of carbonyl (C=O) groups excluding carboxylic acids is 2. The molecule has 0 spiro atoms. The number of rotatable bonds is 16. The summed E-state index contributed by atoms with van der Waals surface area (Å²) in [6.07, 6.45) is 2.05. The van der Waals surface area contributed by atoms with E-state index in [1.165, 1.54) is 12.1 Å². The first-order valence-corrected chi connectivity index (χ1v) is 14.8. The summed E-state index contributed by atoms with van der Waals surface area (Å²) < 4.78 is 44.9. The van der Waals surface area contributed by atoms with E-state index in [0.717, 1.165) is 5.56 Å². The Morgan fingerprint density at radius 2 is 1.73 bits per heavy atom. The van der Waals surface area contributed by atoms with Gasteiger partial charge >= 0.3 is 5.97 Å². The first-order valence-electron chi connectivity index (χ1n) is 13.3. The number of benzene rings is 2. The zero-order chi connectivity index (χ0) is 29.8. The lowest BCUT2D eigenvalue weighted by Gasteiger charge is -2.17. The molecule has 41 heavy (non-hydrogen) atoms. The van der Waals surface area contributed by atoms with E-state index >= 15 is 0 Å². The van der Waals surface area contributed by atoms with Crippen molar-refractivity contribution in [3.8, 4) is 5.75 Å². The maximum absolute atomic E-state index is 12.7. The van der Waals surface area contributed by atoms with Crippen LogP contribution in [0.15, 0.2) is 59.6 Å². The average Bonchev–Trinajstić information content (AvgIpc) is 3.39. The number of hydrogen-bond donors (Lipinski definition) is 2. The Kier molecular flexibility index (Phi) is 11.8. The topological polar surface area (TPSA) is 151 Å². The van der Waals surface area contributed by atoms with E-state index in [9.17, 15) is 18.0 Å². The molecule has 0 radical (unpaired) electrons. The molecule has 1 atom stereocenters. The molecule has 2 N–H and O–H groups in total. The lowest BCUT2D eigenvalue weighted by Crippen LogP contribution is -2.32. The molecule has 0 fully saturated rings. The standard InChI is InChI=1S/C28H37N5O7S/c1-5-39-28(35)26(16-20(2)3)27(34)30-22-8-6-21(7-9-22)18-33-19-23(31-32-33)17-29-41(36,37)25-12-10-24(11-13-25)40-15-14-38-4/h6-13,19-20,26,29H,5,14-18H2,1-4H3,(H,30,34). The Hall–Kier alpha value is -3.81. The van der Waals surface area contributed by atoms with E-state index in [1.807, 2.05) is 26.0 Å². The van der Waals surface area contributed by atoms with E-state index in [-0.39, 0.29) is 24.0 Å². The number of nitrogens with one attached hydrogen (secondary N) is 2. The lowest BCUT2D eigenvalue weighted by molar-refractivity contribution is -0.151. The Morgan fingerprint density at radius 3 is 2.37 bits per heavy atom. The van der Waals surface area contributed by atoms with Gasteiger partial charge in [0.15, 0.2) is 0 Å². The van der Waals surface area contributed by atoms with Gasteiger partial charge in [0.1, 0.15) is 18.3 Å². The quantitative estimate of drug-likeness (QED) is 0.146. The van der Waals surface area contributed by atoms with Crippen LogP contribution in [0, 0.1) is 11.8 Å². The zero-order valence-electron chi connectivity index (χ0n) is 23.7. The van der Waals surface area contributed by atoms with Crippen LogP contribution >= 0.6 is 0 Å². The monoisotopic (exact) mass is 587 g/mol. The highest BCUT2D eigenvalue weighted by atomic mass is 32.2. The van der Waals surface area contributed by atoms with Crippen molar-refractivity contribution in [1.82, 2.24) is 19.7 Å². The molecule has 222 valence electrons. The molecule has 1 heterocycles. The molecule has 0 aliphatic carbocycles. The van der Waals surface area contributed by atoms with Gasteiger partial charge in [-0.2, -0.15) is 0 Å². The predicted octanol–water partition coefficient (Wildman–Crippen LogP) is 2.99. The van der Waals surface area contributed by atoms with Crippen LogP contribution in [0.4, 0.5) is 5.69 Å². The van der Waals surface area contributed by atoms with Crippen LogP contribution in [0.3, 0.4) is 0 Å². The highest BCUT2D eigenvalue weighted by Gasteiger charge is 2.29. The number of carbonyl (C=O) groups is 2. The van der Waals surface area contributed by atoms with E-state index < -0.39 is 27.8 Å². The molecule has 0 saturated heterocycles. The zero-order valence-corrected chi connectivity index (χ0v) is 24.5. The van der Waals surface area contributed by atoms with Gasteiger partial charge in [-0.15, -0.1) is 5.10 Å². The first-order chi connectivity index (χ1) is 19.6. The van der Waals surface area contributed by atoms with Crippen LogP contribution in [0.1, 0.15) is 38.4 Å². The molecule has 0 bridgehead atoms. The van der Waals surface area contributed by atoms with Crippen molar-refractivity contribution in [2.24, 2.45) is 11.8 Å². The fourth-order valence-electron chi connectivity index (χ4n) is 3.84. The Morgan fingerprint density at radius 1 is 1.02 bits per heavy atom. The van der Waals surface area contributed by atoms with Crippen LogP contribution in [0.2, 0.25) is 0 Å². The number of aromatic nitrogens is 3. The third kappa shape index (κ3) is 9.95. The van der Waals surface area contributed by atoms with E-state index in [0.29, 0.717) is 43.3 Å². The smallest absolute Gasteiger partial charge is 0.318 e. The van der Waals surface area contributed by atoms with Gasteiger partial charge in [-0.3, -0.25) is 9.59 Å². The Labute approximate surface area is 240 Å². The third-order valence-corrected chi connectivity index (χ3v) is 7.30. The second kappa shape index (κ2) is 15.3. The van der Waals surface area contributed by atoms with Crippen LogP contribution in [0.25, 0.3) is 0 Å². The second-order valence-electron chi connectivity index (χ2n) is 9.67. The van der Waals surface area contributed by atoms with Gasteiger partial charge < -0.3 is 19.5 Å². The fraction of sp³-hybridized carbons (Fsp3) is 0.429. The molecule has 0 aliphatic heterocycles.